The third-order valence-corrected chi connectivity index (χ3v) is 4.32. The quantitative estimate of drug-likeness (QED) is 0.397. The largest absolute Gasteiger partial charge is 0.497 e. The van der Waals surface area contributed by atoms with Gasteiger partial charge >= 0.3 is 5.91 Å². The number of para-hydroxylation sites is 1. The van der Waals surface area contributed by atoms with Gasteiger partial charge in [0.1, 0.15) is 5.75 Å². The summed E-state index contributed by atoms with van der Waals surface area (Å²) in [5, 5.41) is 8.42. The van der Waals surface area contributed by atoms with Crippen LogP contribution in [0.25, 0.3) is 17.1 Å². The molecule has 1 aromatic heterocycles. The van der Waals surface area contributed by atoms with Crippen LogP contribution in [-0.4, -0.2) is 34.0 Å². The molecule has 7 heteroatoms. The number of nitrogens with one attached hydrogen (secondary N) is 1. The van der Waals surface area contributed by atoms with Crippen molar-refractivity contribution in [3.05, 3.63) is 96.3 Å². The Morgan fingerprint density at radius 1 is 1.00 bits per heavy atom. The second-order valence-electron chi connectivity index (χ2n) is 6.35. The number of carbonyl (C=O) groups excluding carboxylic acids is 1. The highest BCUT2D eigenvalue weighted by Gasteiger charge is 2.18. The molecule has 0 aliphatic carbocycles. The third kappa shape index (κ3) is 4.25. The lowest BCUT2D eigenvalue weighted by molar-refractivity contribution is 0.0945. The summed E-state index contributed by atoms with van der Waals surface area (Å²) in [5.74, 6) is 0.811. The molecule has 1 heterocycles. The van der Waals surface area contributed by atoms with Crippen molar-refractivity contribution in [2.24, 2.45) is 5.10 Å². The number of carbonyl (C=O) groups is 1. The van der Waals surface area contributed by atoms with Gasteiger partial charge in [-0.15, -0.1) is 5.10 Å². The third-order valence-electron chi connectivity index (χ3n) is 4.32. The maximum atomic E-state index is 12.6. The van der Waals surface area contributed by atoms with Gasteiger partial charge in [-0.3, -0.25) is 4.79 Å². The van der Waals surface area contributed by atoms with Gasteiger partial charge in [-0.2, -0.15) is 5.10 Å². The van der Waals surface area contributed by atoms with Crippen LogP contribution in [-0.2, 0) is 0 Å². The lowest BCUT2D eigenvalue weighted by Crippen LogP contribution is -2.19. The van der Waals surface area contributed by atoms with E-state index >= 15 is 0 Å². The molecule has 0 radical (unpaired) electrons. The van der Waals surface area contributed by atoms with Gasteiger partial charge in [0.05, 0.1) is 19.0 Å². The lowest BCUT2D eigenvalue weighted by Gasteiger charge is -2.05. The molecule has 0 atom stereocenters. The number of aromatic nitrogens is 3. The summed E-state index contributed by atoms with van der Waals surface area (Å²) in [6.07, 6.45) is 1.53. The van der Waals surface area contributed by atoms with E-state index in [0.29, 0.717) is 11.6 Å². The van der Waals surface area contributed by atoms with Crippen LogP contribution in [0.1, 0.15) is 16.2 Å². The number of methoxy groups -OCH3 is 1. The van der Waals surface area contributed by atoms with E-state index in [2.05, 4.69) is 20.6 Å². The predicted molar refractivity (Wildman–Crippen MR) is 115 cm³/mol. The number of ether oxygens (including phenoxy) is 1. The molecule has 30 heavy (non-hydrogen) atoms. The van der Waals surface area contributed by atoms with Crippen molar-refractivity contribution < 1.29 is 9.53 Å². The van der Waals surface area contributed by atoms with Crippen LogP contribution in [0, 0.1) is 0 Å². The Kier molecular flexibility index (Phi) is 5.61. The molecular formula is C23H19N5O2. The van der Waals surface area contributed by atoms with Crippen molar-refractivity contribution in [2.75, 3.05) is 7.11 Å². The number of amides is 1. The van der Waals surface area contributed by atoms with E-state index in [0.717, 1.165) is 16.8 Å². The summed E-state index contributed by atoms with van der Waals surface area (Å²) in [5.41, 5.74) is 4.94. The molecule has 0 unspecified atom stereocenters. The van der Waals surface area contributed by atoms with E-state index < -0.39 is 5.91 Å². The van der Waals surface area contributed by atoms with Crippen LogP contribution in [0.2, 0.25) is 0 Å². The van der Waals surface area contributed by atoms with Gasteiger partial charge < -0.3 is 4.74 Å². The van der Waals surface area contributed by atoms with Gasteiger partial charge in [-0.25, -0.2) is 15.1 Å². The zero-order chi connectivity index (χ0) is 20.8. The molecule has 0 bridgehead atoms. The summed E-state index contributed by atoms with van der Waals surface area (Å²) < 4.78 is 6.83. The first-order valence-corrected chi connectivity index (χ1v) is 9.30. The number of hydrogen-bond acceptors (Lipinski definition) is 5. The average Bonchev–Trinajstić information content (AvgIpc) is 3.26. The molecule has 0 fully saturated rings. The van der Waals surface area contributed by atoms with Crippen molar-refractivity contribution in [3.8, 4) is 22.8 Å². The van der Waals surface area contributed by atoms with Crippen molar-refractivity contribution in [1.82, 2.24) is 20.2 Å². The zero-order valence-corrected chi connectivity index (χ0v) is 16.3. The highest BCUT2D eigenvalue weighted by Crippen LogP contribution is 2.21. The van der Waals surface area contributed by atoms with Crippen LogP contribution < -0.4 is 10.2 Å². The highest BCUT2D eigenvalue weighted by molar-refractivity contribution is 5.92. The van der Waals surface area contributed by atoms with Gasteiger partial charge in [0.15, 0.2) is 5.82 Å². The highest BCUT2D eigenvalue weighted by atomic mass is 16.5. The SMILES string of the molecule is COc1cccc(/C=N\NC(=O)c2nc(-c3ccccc3)n(-c3ccccc3)n2)c1. The fourth-order valence-electron chi connectivity index (χ4n) is 2.87. The van der Waals surface area contributed by atoms with Crippen LogP contribution in [0.5, 0.6) is 5.75 Å². The first-order chi connectivity index (χ1) is 14.7. The molecule has 1 N–H and O–H groups in total. The number of hydrogen-bond donors (Lipinski definition) is 1. The second-order valence-corrected chi connectivity index (χ2v) is 6.35. The van der Waals surface area contributed by atoms with Crippen LogP contribution >= 0.6 is 0 Å². The minimum absolute atomic E-state index is 0.0282. The van der Waals surface area contributed by atoms with E-state index in [4.69, 9.17) is 4.74 Å². The second kappa shape index (κ2) is 8.83. The standard InChI is InChI=1S/C23H19N5O2/c1-30-20-14-8-9-17(15-20)16-24-26-23(29)21-25-22(18-10-4-2-5-11-18)28(27-21)19-12-6-3-7-13-19/h2-16H,1H3,(H,26,29)/b24-16-. The molecule has 0 aliphatic heterocycles. The average molecular weight is 397 g/mol. The fraction of sp³-hybridized carbons (Fsp3) is 0.0435. The summed E-state index contributed by atoms with van der Waals surface area (Å²) in [7, 11) is 1.59. The number of rotatable bonds is 6. The number of nitrogens with zero attached hydrogens (tertiary/aromatic N) is 4. The maximum absolute atomic E-state index is 12.6. The van der Waals surface area contributed by atoms with Crippen molar-refractivity contribution >= 4 is 12.1 Å². The van der Waals surface area contributed by atoms with Crippen LogP contribution in [0.3, 0.4) is 0 Å². The van der Waals surface area contributed by atoms with Crippen molar-refractivity contribution in [2.45, 2.75) is 0 Å². The van der Waals surface area contributed by atoms with E-state index in [1.54, 1.807) is 11.8 Å². The Morgan fingerprint density at radius 2 is 1.73 bits per heavy atom. The van der Waals surface area contributed by atoms with Gasteiger partial charge in [0, 0.05) is 5.56 Å². The molecule has 4 rings (SSSR count). The van der Waals surface area contributed by atoms with Crippen molar-refractivity contribution in [1.29, 1.82) is 0 Å². The molecule has 148 valence electrons. The van der Waals surface area contributed by atoms with E-state index in [9.17, 15) is 4.79 Å². The number of benzene rings is 3. The molecule has 4 aromatic rings. The number of hydrazone groups is 1. The van der Waals surface area contributed by atoms with Gasteiger partial charge in [-0.1, -0.05) is 60.7 Å². The van der Waals surface area contributed by atoms with Gasteiger partial charge in [-0.05, 0) is 29.8 Å². The van der Waals surface area contributed by atoms with E-state index in [1.165, 1.54) is 6.21 Å². The summed E-state index contributed by atoms with van der Waals surface area (Å²) in [4.78, 5) is 17.1. The molecule has 7 nitrogen and oxygen atoms in total. The van der Waals surface area contributed by atoms with Gasteiger partial charge in [0.2, 0.25) is 5.82 Å². The minimum atomic E-state index is -0.499. The fourth-order valence-corrected chi connectivity index (χ4v) is 2.87. The van der Waals surface area contributed by atoms with Crippen molar-refractivity contribution in [3.63, 3.8) is 0 Å². The summed E-state index contributed by atoms with van der Waals surface area (Å²) >= 11 is 0. The molecular weight excluding hydrogens is 378 g/mol. The molecule has 0 spiro atoms. The maximum Gasteiger partial charge on any atom is 0.311 e. The lowest BCUT2D eigenvalue weighted by atomic mass is 10.2. The van der Waals surface area contributed by atoms with E-state index in [-0.39, 0.29) is 5.82 Å². The van der Waals surface area contributed by atoms with Gasteiger partial charge in [0.25, 0.3) is 0 Å². The predicted octanol–water partition coefficient (Wildman–Crippen LogP) is 3.71. The zero-order valence-electron chi connectivity index (χ0n) is 16.3. The molecule has 0 aliphatic rings. The molecule has 3 aromatic carbocycles. The molecule has 0 saturated carbocycles. The van der Waals surface area contributed by atoms with Crippen LogP contribution in [0.4, 0.5) is 0 Å². The Hall–Kier alpha value is -4.26. The molecule has 1 amide bonds. The summed E-state index contributed by atoms with van der Waals surface area (Å²) in [6, 6.07) is 26.5. The molecule has 0 saturated heterocycles. The Bertz CT molecular complexity index is 1110. The monoisotopic (exact) mass is 397 g/mol. The minimum Gasteiger partial charge on any atom is -0.497 e. The van der Waals surface area contributed by atoms with Crippen LogP contribution in [0.15, 0.2) is 90.0 Å². The summed E-state index contributed by atoms with van der Waals surface area (Å²) in [6.45, 7) is 0. The topological polar surface area (TPSA) is 81.4 Å². The normalized spacial score (nSPS) is 10.8. The smallest absolute Gasteiger partial charge is 0.311 e. The first-order valence-electron chi connectivity index (χ1n) is 9.30. The Labute approximate surface area is 173 Å². The Morgan fingerprint density at radius 3 is 2.47 bits per heavy atom. The Balaban J connectivity index is 1.60. The first kappa shape index (κ1) is 19.1. The van der Waals surface area contributed by atoms with E-state index in [1.807, 2.05) is 84.9 Å².